The number of carbonyl (C=O) groups is 5. The molecule has 0 unspecified atom stereocenters. The molecule has 0 atom stereocenters. The second-order valence-electron chi connectivity index (χ2n) is 9.09. The molecule has 9 nitrogen and oxygen atoms in total. The van der Waals surface area contributed by atoms with Crippen LogP contribution in [0.4, 0.5) is 0 Å². The van der Waals surface area contributed by atoms with Gasteiger partial charge in [0.05, 0.1) is 22.3 Å². The largest absolute Gasteiger partial charge is 0.426 e. The van der Waals surface area contributed by atoms with Crippen molar-refractivity contribution in [3.8, 4) is 5.75 Å². The Bertz CT molecular complexity index is 1320. The fraction of sp³-hybridized carbons (Fsp3) is 0.207. The Labute approximate surface area is 219 Å². The molecule has 38 heavy (non-hydrogen) atoms. The van der Waals surface area contributed by atoms with Crippen LogP contribution in [0.1, 0.15) is 53.9 Å². The van der Waals surface area contributed by atoms with Gasteiger partial charge in [0, 0.05) is 45.2 Å². The lowest BCUT2D eigenvalue weighted by Gasteiger charge is -2.27. The molecule has 0 N–H and O–H groups in total. The van der Waals surface area contributed by atoms with Crippen LogP contribution in [-0.4, -0.2) is 70.5 Å². The molecule has 0 radical (unpaired) electrons. The first-order valence-electron chi connectivity index (χ1n) is 12.2. The Balaban J connectivity index is 1.34. The first-order chi connectivity index (χ1) is 18.3. The summed E-state index contributed by atoms with van der Waals surface area (Å²) in [5.41, 5.74) is 2.20. The van der Waals surface area contributed by atoms with Crippen molar-refractivity contribution in [2.75, 3.05) is 26.2 Å². The number of hydrogen-bond donors (Lipinski definition) is 0. The van der Waals surface area contributed by atoms with Crippen molar-refractivity contribution in [3.63, 3.8) is 0 Å². The predicted molar refractivity (Wildman–Crippen MR) is 137 cm³/mol. The van der Waals surface area contributed by atoms with E-state index in [1.54, 1.807) is 60.7 Å². The highest BCUT2D eigenvalue weighted by atomic mass is 16.5. The van der Waals surface area contributed by atoms with Crippen LogP contribution in [0.25, 0.3) is 0 Å². The fourth-order valence-electron chi connectivity index (χ4n) is 4.77. The minimum Gasteiger partial charge on any atom is -0.426 e. The van der Waals surface area contributed by atoms with E-state index in [9.17, 15) is 24.0 Å². The van der Waals surface area contributed by atoms with E-state index in [-0.39, 0.29) is 49.8 Å². The summed E-state index contributed by atoms with van der Waals surface area (Å²) in [5, 5.41) is 0. The van der Waals surface area contributed by atoms with Gasteiger partial charge < -0.3 is 4.74 Å². The Hall–Kier alpha value is -4.63. The van der Waals surface area contributed by atoms with Crippen LogP contribution in [0.15, 0.2) is 72.8 Å². The first kappa shape index (κ1) is 25.0. The zero-order chi connectivity index (χ0) is 26.8. The number of ether oxygens (including phenoxy) is 1. The lowest BCUT2D eigenvalue weighted by molar-refractivity contribution is -0.131. The summed E-state index contributed by atoms with van der Waals surface area (Å²) in [4.78, 5) is 67.4. The number of esters is 1. The number of carbonyl (C=O) groups excluding carboxylic acids is 5. The van der Waals surface area contributed by atoms with Gasteiger partial charge in [-0.1, -0.05) is 42.5 Å². The van der Waals surface area contributed by atoms with Crippen LogP contribution in [0.3, 0.4) is 0 Å². The third-order valence-electron chi connectivity index (χ3n) is 6.66. The molecule has 5 rings (SSSR count). The highest BCUT2D eigenvalue weighted by Gasteiger charge is 2.36. The Morgan fingerprint density at radius 3 is 1.47 bits per heavy atom. The molecule has 0 spiro atoms. The lowest BCUT2D eigenvalue weighted by Crippen LogP contribution is -2.42. The van der Waals surface area contributed by atoms with Crippen molar-refractivity contribution in [3.05, 3.63) is 101 Å². The van der Waals surface area contributed by atoms with Crippen molar-refractivity contribution in [2.24, 2.45) is 0 Å². The summed E-state index contributed by atoms with van der Waals surface area (Å²) in [6.07, 6.45) is 0. The fourth-order valence-corrected chi connectivity index (χ4v) is 4.77. The number of amides is 4. The van der Waals surface area contributed by atoms with Crippen LogP contribution >= 0.6 is 0 Å². The van der Waals surface area contributed by atoms with E-state index in [1.807, 2.05) is 17.0 Å². The molecule has 192 valence electrons. The maximum absolute atomic E-state index is 12.9. The number of imide groups is 2. The molecule has 2 heterocycles. The number of benzene rings is 3. The van der Waals surface area contributed by atoms with Gasteiger partial charge in [0.2, 0.25) is 0 Å². The van der Waals surface area contributed by atoms with Gasteiger partial charge in [-0.2, -0.15) is 0 Å². The Morgan fingerprint density at radius 1 is 0.658 bits per heavy atom. The Morgan fingerprint density at radius 2 is 1.05 bits per heavy atom. The summed E-state index contributed by atoms with van der Waals surface area (Å²) in [5.74, 6) is -1.48. The number of nitrogens with zero attached hydrogens (tertiary/aromatic N) is 3. The maximum atomic E-state index is 12.9. The molecule has 0 bridgehead atoms. The summed E-state index contributed by atoms with van der Waals surface area (Å²) >= 11 is 0. The molecule has 2 aliphatic heterocycles. The second kappa shape index (κ2) is 10.4. The van der Waals surface area contributed by atoms with Gasteiger partial charge in [-0.05, 0) is 30.3 Å². The van der Waals surface area contributed by atoms with E-state index in [1.165, 1.54) is 16.7 Å². The topological polar surface area (TPSA) is 104 Å². The minimum atomic E-state index is -0.457. The van der Waals surface area contributed by atoms with Crippen molar-refractivity contribution in [1.29, 1.82) is 0 Å². The highest BCUT2D eigenvalue weighted by Crippen LogP contribution is 2.25. The van der Waals surface area contributed by atoms with E-state index < -0.39 is 5.97 Å². The van der Waals surface area contributed by atoms with Crippen molar-refractivity contribution in [2.45, 2.75) is 13.5 Å². The summed E-state index contributed by atoms with van der Waals surface area (Å²) in [6, 6.07) is 20.5. The zero-order valence-electron chi connectivity index (χ0n) is 20.8. The third kappa shape index (κ3) is 4.71. The Kier molecular flexibility index (Phi) is 6.85. The third-order valence-corrected chi connectivity index (χ3v) is 6.66. The number of rotatable bonds is 9. The molecule has 0 fully saturated rings. The molecule has 3 aromatic carbocycles. The quantitative estimate of drug-likeness (QED) is 0.247. The predicted octanol–water partition coefficient (Wildman–Crippen LogP) is 3.01. The molecule has 0 saturated carbocycles. The van der Waals surface area contributed by atoms with Crippen LogP contribution in [0.2, 0.25) is 0 Å². The lowest BCUT2D eigenvalue weighted by atomic mass is 10.1. The van der Waals surface area contributed by atoms with Crippen molar-refractivity contribution >= 4 is 29.6 Å². The SMILES string of the molecule is CC(=O)Oc1ccccc1CN(CCN1C(=O)c2ccccc2C1=O)CCN1C(=O)c2ccccc2C1=O. The average molecular weight is 512 g/mol. The molecule has 0 saturated heterocycles. The summed E-state index contributed by atoms with van der Waals surface area (Å²) < 4.78 is 5.35. The maximum Gasteiger partial charge on any atom is 0.308 e. The van der Waals surface area contributed by atoms with Crippen molar-refractivity contribution in [1.82, 2.24) is 14.7 Å². The van der Waals surface area contributed by atoms with E-state index in [4.69, 9.17) is 4.74 Å². The van der Waals surface area contributed by atoms with Gasteiger partial charge in [-0.25, -0.2) is 0 Å². The van der Waals surface area contributed by atoms with Gasteiger partial charge in [-0.3, -0.25) is 38.7 Å². The van der Waals surface area contributed by atoms with Gasteiger partial charge in [-0.15, -0.1) is 0 Å². The zero-order valence-corrected chi connectivity index (χ0v) is 20.8. The van der Waals surface area contributed by atoms with Crippen LogP contribution in [-0.2, 0) is 11.3 Å². The monoisotopic (exact) mass is 511 g/mol. The average Bonchev–Trinajstić information content (AvgIpc) is 3.31. The number of hydrogen-bond acceptors (Lipinski definition) is 7. The van der Waals surface area contributed by atoms with Gasteiger partial charge in [0.1, 0.15) is 5.75 Å². The van der Waals surface area contributed by atoms with Gasteiger partial charge in [0.15, 0.2) is 0 Å². The minimum absolute atomic E-state index is 0.115. The van der Waals surface area contributed by atoms with Crippen LogP contribution in [0, 0.1) is 0 Å². The number of fused-ring (bicyclic) bond motifs is 2. The number of para-hydroxylation sites is 1. The van der Waals surface area contributed by atoms with Gasteiger partial charge >= 0.3 is 5.97 Å². The molecular formula is C29H25N3O6. The molecule has 4 amide bonds. The van der Waals surface area contributed by atoms with Crippen molar-refractivity contribution < 1.29 is 28.7 Å². The van der Waals surface area contributed by atoms with Gasteiger partial charge in [0.25, 0.3) is 23.6 Å². The molecule has 2 aliphatic rings. The van der Waals surface area contributed by atoms with Crippen LogP contribution in [0.5, 0.6) is 5.75 Å². The van der Waals surface area contributed by atoms with Crippen LogP contribution < -0.4 is 4.74 Å². The molecular weight excluding hydrogens is 486 g/mol. The van der Waals surface area contributed by atoms with E-state index in [2.05, 4.69) is 0 Å². The molecule has 3 aromatic rings. The van der Waals surface area contributed by atoms with E-state index in [0.29, 0.717) is 40.1 Å². The smallest absolute Gasteiger partial charge is 0.308 e. The van der Waals surface area contributed by atoms with E-state index in [0.717, 1.165) is 0 Å². The standard InChI is InChI=1S/C29H25N3O6/c1-19(33)38-25-13-7-2-8-20(25)18-30(14-16-31-26(34)21-9-3-4-10-22(21)27(31)35)15-17-32-28(36)23-11-5-6-12-24(23)29(32)37/h2-13H,14-18H2,1H3. The highest BCUT2D eigenvalue weighted by molar-refractivity contribution is 6.22. The summed E-state index contributed by atoms with van der Waals surface area (Å²) in [7, 11) is 0. The molecule has 0 aromatic heterocycles. The first-order valence-corrected chi connectivity index (χ1v) is 12.2. The van der Waals surface area contributed by atoms with E-state index >= 15 is 0 Å². The molecule has 9 heteroatoms. The summed E-state index contributed by atoms with van der Waals surface area (Å²) in [6.45, 7) is 2.41. The molecule has 0 aliphatic carbocycles. The normalized spacial score (nSPS) is 14.4. The second-order valence-corrected chi connectivity index (χ2v) is 9.09.